The zero-order chi connectivity index (χ0) is 19.5. The zero-order valence-corrected chi connectivity index (χ0v) is 17.0. The average molecular weight is 396 g/mol. The van der Waals surface area contributed by atoms with Crippen LogP contribution in [0.25, 0.3) is 5.65 Å². The quantitative estimate of drug-likeness (QED) is 0.668. The lowest BCUT2D eigenvalue weighted by atomic mass is 9.95. The Morgan fingerprint density at radius 3 is 2.61 bits per heavy atom. The summed E-state index contributed by atoms with van der Waals surface area (Å²) in [6.07, 6.45) is 6.03. The van der Waals surface area contributed by atoms with Gasteiger partial charge < -0.3 is 5.32 Å². The van der Waals surface area contributed by atoms with Crippen LogP contribution >= 0.6 is 11.8 Å². The molecule has 1 fully saturated rings. The van der Waals surface area contributed by atoms with Gasteiger partial charge in [-0.2, -0.15) is 0 Å². The summed E-state index contributed by atoms with van der Waals surface area (Å²) in [5.74, 6) is 1.45. The molecule has 4 rings (SSSR count). The van der Waals surface area contributed by atoms with E-state index in [4.69, 9.17) is 0 Å². The van der Waals surface area contributed by atoms with Crippen LogP contribution in [0.1, 0.15) is 31.5 Å². The third kappa shape index (κ3) is 3.91. The molecule has 146 valence electrons. The first-order chi connectivity index (χ1) is 13.7. The number of amides is 1. The number of nitrogens with zero attached hydrogens (tertiary/aromatic N) is 4. The van der Waals surface area contributed by atoms with E-state index in [0.717, 1.165) is 43.1 Å². The van der Waals surface area contributed by atoms with Crippen LogP contribution < -0.4 is 5.32 Å². The molecule has 7 heteroatoms. The van der Waals surface area contributed by atoms with Gasteiger partial charge >= 0.3 is 0 Å². The summed E-state index contributed by atoms with van der Waals surface area (Å²) < 4.78 is 2.08. The first kappa shape index (κ1) is 19.0. The van der Waals surface area contributed by atoms with Crippen molar-refractivity contribution >= 4 is 29.0 Å². The molecule has 1 aliphatic heterocycles. The van der Waals surface area contributed by atoms with Gasteiger partial charge in [0, 0.05) is 22.7 Å². The second kappa shape index (κ2) is 8.32. The fraction of sp³-hybridized carbons (Fsp3) is 0.381. The molecule has 1 N–H and O–H groups in total. The molecule has 1 aliphatic rings. The monoisotopic (exact) mass is 395 g/mol. The van der Waals surface area contributed by atoms with Gasteiger partial charge in [0.2, 0.25) is 5.91 Å². The van der Waals surface area contributed by atoms with Crippen LogP contribution in [0.3, 0.4) is 0 Å². The molecule has 1 aromatic carbocycles. The zero-order valence-electron chi connectivity index (χ0n) is 16.2. The SMILES string of the molecule is CSc1ccc(NC(=O)C(C)N2CCC(c3nnc4ccccn34)CC2)cc1. The number of fused-ring (bicyclic) bond motifs is 1. The second-order valence-corrected chi connectivity index (χ2v) is 8.07. The van der Waals surface area contributed by atoms with Crippen molar-refractivity contribution in [2.45, 2.75) is 36.6 Å². The molecule has 1 amide bonds. The molecule has 0 aliphatic carbocycles. The summed E-state index contributed by atoms with van der Waals surface area (Å²) in [6.45, 7) is 3.75. The van der Waals surface area contributed by atoms with Gasteiger partial charge in [-0.25, -0.2) is 0 Å². The van der Waals surface area contributed by atoms with E-state index in [1.54, 1.807) is 11.8 Å². The predicted molar refractivity (Wildman–Crippen MR) is 113 cm³/mol. The maximum atomic E-state index is 12.7. The maximum absolute atomic E-state index is 12.7. The summed E-state index contributed by atoms with van der Waals surface area (Å²) in [4.78, 5) is 16.1. The van der Waals surface area contributed by atoms with Gasteiger partial charge in [-0.3, -0.25) is 14.1 Å². The van der Waals surface area contributed by atoms with Crippen molar-refractivity contribution in [2.24, 2.45) is 0 Å². The molecule has 28 heavy (non-hydrogen) atoms. The molecular formula is C21H25N5OS. The Morgan fingerprint density at radius 2 is 1.89 bits per heavy atom. The first-order valence-corrected chi connectivity index (χ1v) is 10.9. The van der Waals surface area contributed by atoms with Gasteiger partial charge in [-0.15, -0.1) is 22.0 Å². The molecule has 2 aromatic heterocycles. The van der Waals surface area contributed by atoms with Crippen molar-refractivity contribution in [1.82, 2.24) is 19.5 Å². The molecule has 1 saturated heterocycles. The molecule has 0 spiro atoms. The fourth-order valence-electron chi connectivity index (χ4n) is 3.77. The van der Waals surface area contributed by atoms with E-state index >= 15 is 0 Å². The molecule has 6 nitrogen and oxygen atoms in total. The molecule has 1 unspecified atom stereocenters. The largest absolute Gasteiger partial charge is 0.325 e. The topological polar surface area (TPSA) is 62.5 Å². The number of benzene rings is 1. The number of carbonyl (C=O) groups excluding carboxylic acids is 1. The molecule has 0 saturated carbocycles. The lowest BCUT2D eigenvalue weighted by molar-refractivity contribution is -0.121. The minimum Gasteiger partial charge on any atom is -0.325 e. The number of anilines is 1. The van der Waals surface area contributed by atoms with Gasteiger partial charge in [0.25, 0.3) is 0 Å². The van der Waals surface area contributed by atoms with Crippen LogP contribution in [0.4, 0.5) is 5.69 Å². The van der Waals surface area contributed by atoms with Gasteiger partial charge in [0.1, 0.15) is 5.82 Å². The van der Waals surface area contributed by atoms with Crippen LogP contribution in [-0.2, 0) is 4.79 Å². The fourth-order valence-corrected chi connectivity index (χ4v) is 4.18. The third-order valence-electron chi connectivity index (χ3n) is 5.52. The summed E-state index contributed by atoms with van der Waals surface area (Å²) in [7, 11) is 0. The van der Waals surface area contributed by atoms with E-state index in [1.165, 1.54) is 4.90 Å². The molecular weight excluding hydrogens is 370 g/mol. The normalized spacial score (nSPS) is 16.9. The number of nitrogens with one attached hydrogen (secondary N) is 1. The Bertz CT molecular complexity index is 947. The molecule has 3 heterocycles. The number of aromatic nitrogens is 3. The number of carbonyl (C=O) groups is 1. The highest BCUT2D eigenvalue weighted by molar-refractivity contribution is 7.98. The summed E-state index contributed by atoms with van der Waals surface area (Å²) in [5.41, 5.74) is 1.74. The Morgan fingerprint density at radius 1 is 1.14 bits per heavy atom. The molecule has 0 bridgehead atoms. The van der Waals surface area contributed by atoms with Crippen molar-refractivity contribution in [3.63, 3.8) is 0 Å². The first-order valence-electron chi connectivity index (χ1n) is 9.64. The minimum atomic E-state index is -0.156. The van der Waals surface area contributed by atoms with E-state index in [9.17, 15) is 4.79 Å². The van der Waals surface area contributed by atoms with Gasteiger partial charge in [-0.05, 0) is 75.5 Å². The molecule has 3 aromatic rings. The summed E-state index contributed by atoms with van der Waals surface area (Å²) in [5, 5.41) is 11.7. The lowest BCUT2D eigenvalue weighted by Crippen LogP contribution is -2.45. The third-order valence-corrected chi connectivity index (χ3v) is 6.26. The van der Waals surface area contributed by atoms with E-state index in [1.807, 2.05) is 61.8 Å². The van der Waals surface area contributed by atoms with E-state index in [0.29, 0.717) is 5.92 Å². The Balaban J connectivity index is 1.35. The van der Waals surface area contributed by atoms with E-state index in [-0.39, 0.29) is 11.9 Å². The van der Waals surface area contributed by atoms with Gasteiger partial charge in [0.15, 0.2) is 5.65 Å². The number of rotatable bonds is 5. The van der Waals surface area contributed by atoms with Crippen LogP contribution in [-0.4, -0.2) is 50.8 Å². The Hall–Kier alpha value is -2.38. The van der Waals surface area contributed by atoms with Crippen molar-refractivity contribution < 1.29 is 4.79 Å². The highest BCUT2D eigenvalue weighted by Gasteiger charge is 2.29. The minimum absolute atomic E-state index is 0.0447. The summed E-state index contributed by atoms with van der Waals surface area (Å²) >= 11 is 1.69. The number of hydrogen-bond donors (Lipinski definition) is 1. The number of thioether (sulfide) groups is 1. The number of pyridine rings is 1. The van der Waals surface area contributed by atoms with Crippen LogP contribution in [0, 0.1) is 0 Å². The maximum Gasteiger partial charge on any atom is 0.241 e. The smallest absolute Gasteiger partial charge is 0.241 e. The number of hydrogen-bond acceptors (Lipinski definition) is 5. The van der Waals surface area contributed by atoms with Crippen LogP contribution in [0.5, 0.6) is 0 Å². The van der Waals surface area contributed by atoms with Crippen molar-refractivity contribution in [3.8, 4) is 0 Å². The predicted octanol–water partition coefficient (Wildman–Crippen LogP) is 3.66. The number of likely N-dealkylation sites (tertiary alicyclic amines) is 1. The lowest BCUT2D eigenvalue weighted by Gasteiger charge is -2.34. The second-order valence-electron chi connectivity index (χ2n) is 7.19. The van der Waals surface area contributed by atoms with E-state index in [2.05, 4.69) is 24.8 Å². The van der Waals surface area contributed by atoms with Crippen LogP contribution in [0.2, 0.25) is 0 Å². The average Bonchev–Trinajstić information content (AvgIpc) is 3.18. The van der Waals surface area contributed by atoms with Crippen molar-refractivity contribution in [3.05, 3.63) is 54.5 Å². The van der Waals surface area contributed by atoms with E-state index < -0.39 is 0 Å². The van der Waals surface area contributed by atoms with Gasteiger partial charge in [-0.1, -0.05) is 6.07 Å². The molecule has 0 radical (unpaired) electrons. The Labute approximate surface area is 169 Å². The highest BCUT2D eigenvalue weighted by atomic mass is 32.2. The van der Waals surface area contributed by atoms with Crippen molar-refractivity contribution in [2.75, 3.05) is 24.7 Å². The highest BCUT2D eigenvalue weighted by Crippen LogP contribution is 2.28. The van der Waals surface area contributed by atoms with Crippen LogP contribution in [0.15, 0.2) is 53.6 Å². The standard InChI is InChI=1S/C21H25N5OS/c1-15(21(27)22-17-6-8-18(28-2)9-7-17)25-13-10-16(11-14-25)20-24-23-19-5-3-4-12-26(19)20/h3-9,12,15-16H,10-11,13-14H2,1-2H3,(H,22,27). The summed E-state index contributed by atoms with van der Waals surface area (Å²) in [6, 6.07) is 13.8. The Kier molecular flexibility index (Phi) is 5.64. The van der Waals surface area contributed by atoms with Gasteiger partial charge in [0.05, 0.1) is 6.04 Å². The molecule has 1 atom stereocenters. The number of piperidine rings is 1. The van der Waals surface area contributed by atoms with Crippen molar-refractivity contribution in [1.29, 1.82) is 0 Å².